The fourth-order valence-electron chi connectivity index (χ4n) is 2.24. The smallest absolute Gasteiger partial charge is 0.158 e. The monoisotopic (exact) mass is 272 g/mol. The molecule has 0 saturated carbocycles. The predicted molar refractivity (Wildman–Crippen MR) is 82.1 cm³/mol. The third-order valence-electron chi connectivity index (χ3n) is 3.37. The fraction of sp³-hybridized carbons (Fsp3) is 0.500. The molecular formula is C16H24N4. The Morgan fingerprint density at radius 1 is 1.20 bits per heavy atom. The molecule has 0 spiro atoms. The summed E-state index contributed by atoms with van der Waals surface area (Å²) in [5.74, 6) is 0.952. The van der Waals surface area contributed by atoms with Gasteiger partial charge in [0.2, 0.25) is 0 Å². The molecule has 0 unspecified atom stereocenters. The minimum Gasteiger partial charge on any atom is -0.313 e. The second kappa shape index (κ2) is 7.20. The third kappa shape index (κ3) is 3.25. The van der Waals surface area contributed by atoms with Crippen LogP contribution in [0.1, 0.15) is 44.1 Å². The quantitative estimate of drug-likeness (QED) is 0.788. The van der Waals surface area contributed by atoms with Crippen molar-refractivity contribution in [2.45, 2.75) is 46.6 Å². The molecule has 2 heterocycles. The van der Waals surface area contributed by atoms with E-state index in [1.807, 2.05) is 16.9 Å². The largest absolute Gasteiger partial charge is 0.313 e. The van der Waals surface area contributed by atoms with Gasteiger partial charge in [-0.15, -0.1) is 0 Å². The van der Waals surface area contributed by atoms with Crippen LogP contribution in [0.3, 0.4) is 0 Å². The Hall–Kier alpha value is -1.68. The average molecular weight is 272 g/mol. The van der Waals surface area contributed by atoms with E-state index < -0.39 is 0 Å². The summed E-state index contributed by atoms with van der Waals surface area (Å²) >= 11 is 0. The average Bonchev–Trinajstić information content (AvgIpc) is 2.91. The van der Waals surface area contributed by atoms with Crippen LogP contribution in [-0.2, 0) is 19.4 Å². The summed E-state index contributed by atoms with van der Waals surface area (Å²) in [7, 11) is 0. The molecule has 1 N–H and O–H groups in total. The lowest BCUT2D eigenvalue weighted by Gasteiger charge is -2.11. The van der Waals surface area contributed by atoms with Crippen LogP contribution in [0.25, 0.3) is 5.82 Å². The van der Waals surface area contributed by atoms with Crippen LogP contribution in [0.4, 0.5) is 0 Å². The SMILES string of the molecule is CCCNCc1cccnc1-n1nc(CC)cc1CC. The molecule has 0 atom stereocenters. The number of nitrogens with one attached hydrogen (secondary N) is 1. The molecule has 0 aromatic carbocycles. The van der Waals surface area contributed by atoms with E-state index >= 15 is 0 Å². The van der Waals surface area contributed by atoms with Gasteiger partial charge in [-0.05, 0) is 37.9 Å². The summed E-state index contributed by atoms with van der Waals surface area (Å²) in [4.78, 5) is 4.54. The van der Waals surface area contributed by atoms with Gasteiger partial charge < -0.3 is 5.32 Å². The van der Waals surface area contributed by atoms with E-state index in [2.05, 4.69) is 48.3 Å². The number of rotatable bonds is 7. The van der Waals surface area contributed by atoms with E-state index in [-0.39, 0.29) is 0 Å². The molecule has 0 aliphatic carbocycles. The molecule has 2 aromatic heterocycles. The van der Waals surface area contributed by atoms with Crippen LogP contribution in [0.15, 0.2) is 24.4 Å². The van der Waals surface area contributed by atoms with E-state index in [0.717, 1.165) is 43.9 Å². The summed E-state index contributed by atoms with van der Waals surface area (Å²) in [5, 5.41) is 8.12. The molecule has 0 fully saturated rings. The highest BCUT2D eigenvalue weighted by molar-refractivity contribution is 5.35. The van der Waals surface area contributed by atoms with Crippen LogP contribution in [-0.4, -0.2) is 21.3 Å². The summed E-state index contributed by atoms with van der Waals surface area (Å²) in [6.07, 6.45) is 4.89. The van der Waals surface area contributed by atoms with Crippen molar-refractivity contribution in [1.82, 2.24) is 20.1 Å². The molecule has 0 aliphatic rings. The summed E-state index contributed by atoms with van der Waals surface area (Å²) in [6, 6.07) is 6.29. The summed E-state index contributed by atoms with van der Waals surface area (Å²) < 4.78 is 2.00. The Morgan fingerprint density at radius 2 is 2.05 bits per heavy atom. The number of nitrogens with zero attached hydrogens (tertiary/aromatic N) is 3. The van der Waals surface area contributed by atoms with Gasteiger partial charge in [0.25, 0.3) is 0 Å². The van der Waals surface area contributed by atoms with Gasteiger partial charge in [0, 0.05) is 24.0 Å². The molecule has 0 bridgehead atoms. The van der Waals surface area contributed by atoms with Crippen LogP contribution in [0.5, 0.6) is 0 Å². The van der Waals surface area contributed by atoms with Gasteiger partial charge in [-0.1, -0.05) is 26.8 Å². The third-order valence-corrected chi connectivity index (χ3v) is 3.37. The normalized spacial score (nSPS) is 10.9. The fourth-order valence-corrected chi connectivity index (χ4v) is 2.24. The first-order valence-electron chi connectivity index (χ1n) is 7.52. The van der Waals surface area contributed by atoms with Crippen LogP contribution < -0.4 is 5.32 Å². The zero-order valence-electron chi connectivity index (χ0n) is 12.7. The molecule has 0 aliphatic heterocycles. The molecule has 20 heavy (non-hydrogen) atoms. The zero-order valence-corrected chi connectivity index (χ0v) is 12.7. The maximum Gasteiger partial charge on any atom is 0.158 e. The van der Waals surface area contributed by atoms with E-state index in [0.29, 0.717) is 0 Å². The van der Waals surface area contributed by atoms with Crippen LogP contribution in [0, 0.1) is 0 Å². The van der Waals surface area contributed by atoms with E-state index in [1.165, 1.54) is 11.3 Å². The first-order valence-corrected chi connectivity index (χ1v) is 7.52. The molecule has 2 aromatic rings. The first kappa shape index (κ1) is 14.7. The Balaban J connectivity index is 2.34. The van der Waals surface area contributed by atoms with E-state index in [9.17, 15) is 0 Å². The molecule has 108 valence electrons. The van der Waals surface area contributed by atoms with Gasteiger partial charge in [-0.2, -0.15) is 5.10 Å². The van der Waals surface area contributed by atoms with Gasteiger partial charge in [-0.3, -0.25) is 0 Å². The lowest BCUT2D eigenvalue weighted by molar-refractivity contribution is 0.662. The second-order valence-corrected chi connectivity index (χ2v) is 4.91. The van der Waals surface area contributed by atoms with Gasteiger partial charge in [-0.25, -0.2) is 9.67 Å². The summed E-state index contributed by atoms with van der Waals surface area (Å²) in [6.45, 7) is 8.32. The highest BCUT2D eigenvalue weighted by atomic mass is 15.3. The van der Waals surface area contributed by atoms with Gasteiger partial charge in [0.15, 0.2) is 5.82 Å². The van der Waals surface area contributed by atoms with Gasteiger partial charge in [0.05, 0.1) is 5.69 Å². The zero-order chi connectivity index (χ0) is 14.4. The first-order chi connectivity index (χ1) is 9.80. The van der Waals surface area contributed by atoms with E-state index in [4.69, 9.17) is 0 Å². The molecule has 4 heteroatoms. The van der Waals surface area contributed by atoms with Crippen molar-refractivity contribution in [2.24, 2.45) is 0 Å². The minimum absolute atomic E-state index is 0.835. The molecule has 0 saturated heterocycles. The van der Waals surface area contributed by atoms with Crippen molar-refractivity contribution < 1.29 is 0 Å². The standard InChI is InChI=1S/C16H24N4/c1-4-9-17-12-13-8-7-10-18-16(13)20-15(6-3)11-14(5-2)19-20/h7-8,10-11,17H,4-6,9,12H2,1-3H3. The lowest BCUT2D eigenvalue weighted by Crippen LogP contribution is -2.17. The maximum atomic E-state index is 4.69. The predicted octanol–water partition coefficient (Wildman–Crippen LogP) is 2.89. The number of aromatic nitrogens is 3. The van der Waals surface area contributed by atoms with E-state index in [1.54, 1.807) is 0 Å². The maximum absolute atomic E-state index is 4.69. The second-order valence-electron chi connectivity index (χ2n) is 4.91. The molecule has 4 nitrogen and oxygen atoms in total. The highest BCUT2D eigenvalue weighted by Gasteiger charge is 2.11. The number of aryl methyl sites for hydroxylation is 2. The van der Waals surface area contributed by atoms with Crippen molar-refractivity contribution in [1.29, 1.82) is 0 Å². The number of hydrogen-bond acceptors (Lipinski definition) is 3. The molecule has 0 amide bonds. The molecule has 0 radical (unpaired) electrons. The van der Waals surface area contributed by atoms with Crippen molar-refractivity contribution in [3.8, 4) is 5.82 Å². The van der Waals surface area contributed by atoms with Crippen molar-refractivity contribution in [3.63, 3.8) is 0 Å². The van der Waals surface area contributed by atoms with Crippen LogP contribution >= 0.6 is 0 Å². The van der Waals surface area contributed by atoms with Gasteiger partial charge >= 0.3 is 0 Å². The van der Waals surface area contributed by atoms with Crippen molar-refractivity contribution in [2.75, 3.05) is 6.54 Å². The highest BCUT2D eigenvalue weighted by Crippen LogP contribution is 2.16. The number of pyridine rings is 1. The van der Waals surface area contributed by atoms with Crippen molar-refractivity contribution in [3.05, 3.63) is 41.3 Å². The Kier molecular flexibility index (Phi) is 5.30. The summed E-state index contributed by atoms with van der Waals surface area (Å²) in [5.41, 5.74) is 3.54. The minimum atomic E-state index is 0.835. The van der Waals surface area contributed by atoms with Gasteiger partial charge in [0.1, 0.15) is 0 Å². The lowest BCUT2D eigenvalue weighted by atomic mass is 10.2. The Morgan fingerprint density at radius 3 is 2.75 bits per heavy atom. The van der Waals surface area contributed by atoms with Crippen LogP contribution in [0.2, 0.25) is 0 Å². The molecular weight excluding hydrogens is 248 g/mol. The molecule has 2 rings (SSSR count). The topological polar surface area (TPSA) is 42.7 Å². The number of hydrogen-bond donors (Lipinski definition) is 1. The Bertz CT molecular complexity index is 545. The van der Waals surface area contributed by atoms with Crippen molar-refractivity contribution >= 4 is 0 Å². The Labute approximate surface area is 121 Å².